The van der Waals surface area contributed by atoms with Crippen molar-refractivity contribution in [2.24, 2.45) is 0 Å². The first kappa shape index (κ1) is 20.9. The highest BCUT2D eigenvalue weighted by atomic mass is 16.6. The van der Waals surface area contributed by atoms with E-state index in [4.69, 9.17) is 4.74 Å². The largest absolute Gasteiger partial charge is 0.454 e. The molecule has 5 amide bonds. The Morgan fingerprint density at radius 3 is 2.39 bits per heavy atom. The summed E-state index contributed by atoms with van der Waals surface area (Å²) in [7, 11) is 0. The molecule has 2 N–H and O–H groups in total. The highest BCUT2D eigenvalue weighted by Gasteiger charge is 2.49. The van der Waals surface area contributed by atoms with Crippen LogP contribution in [0.25, 0.3) is 0 Å². The van der Waals surface area contributed by atoms with Crippen LogP contribution in [0.4, 0.5) is 9.59 Å². The SMILES string of the molecule is CCOC(=O)NC(=O)COC(=O)CN1C(=O)N[C@@](C)(c2ccc(C)cc2)C1=O. The Hall–Kier alpha value is -3.43. The van der Waals surface area contributed by atoms with Gasteiger partial charge in [0.25, 0.3) is 11.8 Å². The van der Waals surface area contributed by atoms with Gasteiger partial charge in [-0.1, -0.05) is 29.8 Å². The Balaban J connectivity index is 1.95. The Bertz CT molecular complexity index is 806. The number of benzene rings is 1. The summed E-state index contributed by atoms with van der Waals surface area (Å²) in [4.78, 5) is 60.1. The van der Waals surface area contributed by atoms with Crippen molar-refractivity contribution < 1.29 is 33.4 Å². The van der Waals surface area contributed by atoms with Gasteiger partial charge in [0.2, 0.25) is 0 Å². The molecule has 2 rings (SSSR count). The second-order valence-electron chi connectivity index (χ2n) is 6.24. The molecule has 1 atom stereocenters. The molecule has 1 aromatic carbocycles. The first-order valence-electron chi connectivity index (χ1n) is 8.51. The molecule has 1 aliphatic rings. The number of carbonyl (C=O) groups excluding carboxylic acids is 5. The van der Waals surface area contributed by atoms with Gasteiger partial charge < -0.3 is 14.8 Å². The second-order valence-corrected chi connectivity index (χ2v) is 6.24. The third kappa shape index (κ3) is 4.64. The number of rotatable bonds is 6. The third-order valence-electron chi connectivity index (χ3n) is 4.07. The average molecular weight is 391 g/mol. The molecule has 0 spiro atoms. The molecule has 150 valence electrons. The lowest BCUT2D eigenvalue weighted by molar-refractivity contribution is -0.151. The minimum atomic E-state index is -1.31. The summed E-state index contributed by atoms with van der Waals surface area (Å²) in [6, 6.07) is 6.29. The molecule has 0 saturated carbocycles. The maximum atomic E-state index is 12.7. The van der Waals surface area contributed by atoms with Crippen molar-refractivity contribution in [1.82, 2.24) is 15.5 Å². The van der Waals surface area contributed by atoms with Gasteiger partial charge in [0.15, 0.2) is 6.61 Å². The van der Waals surface area contributed by atoms with Gasteiger partial charge in [0.1, 0.15) is 12.1 Å². The van der Waals surface area contributed by atoms with E-state index in [-0.39, 0.29) is 6.61 Å². The standard InChI is InChI=1S/C18H21N3O7/c1-4-27-17(26)19-13(22)10-28-14(23)9-21-15(24)18(3,20-16(21)25)12-7-5-11(2)6-8-12/h5-8H,4,9-10H2,1-3H3,(H,20,25)(H,19,22,26)/t18-/m0/s1. The smallest absolute Gasteiger partial charge is 0.413 e. The summed E-state index contributed by atoms with van der Waals surface area (Å²) in [6.45, 7) is 3.64. The van der Waals surface area contributed by atoms with Crippen molar-refractivity contribution >= 4 is 29.9 Å². The number of nitrogens with one attached hydrogen (secondary N) is 2. The fourth-order valence-electron chi connectivity index (χ4n) is 2.56. The number of esters is 1. The molecule has 1 saturated heterocycles. The maximum absolute atomic E-state index is 12.7. The highest BCUT2D eigenvalue weighted by Crippen LogP contribution is 2.28. The molecule has 0 radical (unpaired) electrons. The predicted molar refractivity (Wildman–Crippen MR) is 94.9 cm³/mol. The van der Waals surface area contributed by atoms with Gasteiger partial charge in [-0.2, -0.15) is 0 Å². The molecule has 1 heterocycles. The van der Waals surface area contributed by atoms with Crippen LogP contribution < -0.4 is 10.6 Å². The van der Waals surface area contributed by atoms with Gasteiger partial charge in [-0.25, -0.2) is 9.59 Å². The van der Waals surface area contributed by atoms with Crippen LogP contribution in [0.1, 0.15) is 25.0 Å². The third-order valence-corrected chi connectivity index (χ3v) is 4.07. The molecule has 0 bridgehead atoms. The van der Waals surface area contributed by atoms with E-state index in [1.54, 1.807) is 31.2 Å². The van der Waals surface area contributed by atoms with Crippen LogP contribution in [0, 0.1) is 6.92 Å². The first-order valence-corrected chi connectivity index (χ1v) is 8.51. The van der Waals surface area contributed by atoms with E-state index in [1.807, 2.05) is 12.2 Å². The monoisotopic (exact) mass is 391 g/mol. The number of ether oxygens (including phenoxy) is 2. The second kappa shape index (κ2) is 8.51. The number of nitrogens with zero attached hydrogens (tertiary/aromatic N) is 1. The van der Waals surface area contributed by atoms with Crippen LogP contribution in [0.15, 0.2) is 24.3 Å². The molecule has 10 heteroatoms. The predicted octanol–water partition coefficient (Wildman–Crippen LogP) is 0.578. The van der Waals surface area contributed by atoms with E-state index in [2.05, 4.69) is 10.1 Å². The summed E-state index contributed by atoms with van der Waals surface area (Å²) < 4.78 is 9.21. The number of hydrogen-bond donors (Lipinski definition) is 2. The fourth-order valence-corrected chi connectivity index (χ4v) is 2.56. The molecule has 0 aliphatic carbocycles. The minimum Gasteiger partial charge on any atom is -0.454 e. The van der Waals surface area contributed by atoms with Crippen molar-refractivity contribution in [2.45, 2.75) is 26.3 Å². The summed E-state index contributed by atoms with van der Waals surface area (Å²) in [5.41, 5.74) is 0.249. The number of aryl methyl sites for hydroxylation is 1. The molecule has 28 heavy (non-hydrogen) atoms. The molecule has 10 nitrogen and oxygen atoms in total. The quantitative estimate of drug-likeness (QED) is 0.535. The molecule has 1 aromatic rings. The Morgan fingerprint density at radius 2 is 1.79 bits per heavy atom. The fraction of sp³-hybridized carbons (Fsp3) is 0.389. The lowest BCUT2D eigenvalue weighted by Crippen LogP contribution is -2.42. The van der Waals surface area contributed by atoms with Crippen LogP contribution in [0.5, 0.6) is 0 Å². The number of urea groups is 1. The molecule has 1 fully saturated rings. The lowest BCUT2D eigenvalue weighted by atomic mass is 9.91. The zero-order chi connectivity index (χ0) is 20.9. The normalized spacial score (nSPS) is 18.5. The van der Waals surface area contributed by atoms with E-state index in [9.17, 15) is 24.0 Å². The van der Waals surface area contributed by atoms with Crippen LogP contribution >= 0.6 is 0 Å². The van der Waals surface area contributed by atoms with Gasteiger partial charge in [-0.3, -0.25) is 24.6 Å². The van der Waals surface area contributed by atoms with Crippen molar-refractivity contribution in [1.29, 1.82) is 0 Å². The molecule has 1 aliphatic heterocycles. The maximum Gasteiger partial charge on any atom is 0.413 e. The van der Waals surface area contributed by atoms with E-state index >= 15 is 0 Å². The molecule has 0 unspecified atom stereocenters. The van der Waals surface area contributed by atoms with Gasteiger partial charge in [-0.05, 0) is 26.3 Å². The van der Waals surface area contributed by atoms with Gasteiger partial charge >= 0.3 is 18.1 Å². The van der Waals surface area contributed by atoms with Crippen LogP contribution in [0.3, 0.4) is 0 Å². The topological polar surface area (TPSA) is 131 Å². The summed E-state index contributed by atoms with van der Waals surface area (Å²) in [6.07, 6.45) is -0.966. The van der Waals surface area contributed by atoms with E-state index in [0.29, 0.717) is 10.5 Å². The zero-order valence-corrected chi connectivity index (χ0v) is 15.7. The Labute approximate surface area is 161 Å². The Kier molecular flexibility index (Phi) is 6.34. The van der Waals surface area contributed by atoms with Crippen molar-refractivity contribution in [3.63, 3.8) is 0 Å². The lowest BCUT2D eigenvalue weighted by Gasteiger charge is -2.22. The minimum absolute atomic E-state index is 0.0742. The van der Waals surface area contributed by atoms with Crippen LogP contribution in [-0.2, 0) is 29.4 Å². The number of alkyl carbamates (subject to hydrolysis) is 1. The van der Waals surface area contributed by atoms with Gasteiger partial charge in [0.05, 0.1) is 6.61 Å². The summed E-state index contributed by atoms with van der Waals surface area (Å²) in [5, 5.41) is 4.41. The molecule has 0 aromatic heterocycles. The number of imide groups is 2. The van der Waals surface area contributed by atoms with Crippen molar-refractivity contribution in [3.05, 3.63) is 35.4 Å². The number of amides is 5. The van der Waals surface area contributed by atoms with Crippen LogP contribution in [-0.4, -0.2) is 54.6 Å². The molecular weight excluding hydrogens is 370 g/mol. The average Bonchev–Trinajstić information content (AvgIpc) is 2.84. The highest BCUT2D eigenvalue weighted by molar-refractivity contribution is 6.08. The van der Waals surface area contributed by atoms with E-state index in [0.717, 1.165) is 5.56 Å². The summed E-state index contributed by atoms with van der Waals surface area (Å²) in [5.74, 6) is -2.49. The first-order chi connectivity index (χ1) is 13.2. The number of hydrogen-bond acceptors (Lipinski definition) is 7. The van der Waals surface area contributed by atoms with Crippen molar-refractivity contribution in [3.8, 4) is 0 Å². The Morgan fingerprint density at radius 1 is 1.14 bits per heavy atom. The van der Waals surface area contributed by atoms with Gasteiger partial charge in [-0.15, -0.1) is 0 Å². The van der Waals surface area contributed by atoms with E-state index < -0.39 is 48.6 Å². The van der Waals surface area contributed by atoms with E-state index in [1.165, 1.54) is 6.92 Å². The van der Waals surface area contributed by atoms with Crippen molar-refractivity contribution in [2.75, 3.05) is 19.8 Å². The van der Waals surface area contributed by atoms with Gasteiger partial charge in [0, 0.05) is 0 Å². The zero-order valence-electron chi connectivity index (χ0n) is 15.7. The number of carbonyl (C=O) groups is 5. The van der Waals surface area contributed by atoms with Crippen LogP contribution in [0.2, 0.25) is 0 Å². The summed E-state index contributed by atoms with van der Waals surface area (Å²) >= 11 is 0. The molecular formula is C18H21N3O7.